The second kappa shape index (κ2) is 6.26. The fourth-order valence-corrected chi connectivity index (χ4v) is 2.45. The van der Waals surface area contributed by atoms with Crippen LogP contribution in [0.2, 0.25) is 0 Å². The molecule has 0 aliphatic heterocycles. The van der Waals surface area contributed by atoms with Crippen molar-refractivity contribution < 1.29 is 22.3 Å². The van der Waals surface area contributed by atoms with Crippen LogP contribution in [0.1, 0.15) is 5.56 Å². The van der Waals surface area contributed by atoms with Crippen molar-refractivity contribution in [2.24, 2.45) is 0 Å². The zero-order valence-corrected chi connectivity index (χ0v) is 11.8. The molecule has 0 fully saturated rings. The van der Waals surface area contributed by atoms with Crippen LogP contribution in [-0.4, -0.2) is 27.2 Å². The molecule has 0 saturated carbocycles. The maximum Gasteiger partial charge on any atom is 0.322 e. The lowest BCUT2D eigenvalue weighted by molar-refractivity contribution is -0.137. The largest absolute Gasteiger partial charge is 0.468 e. The van der Waals surface area contributed by atoms with Crippen LogP contribution in [0, 0.1) is 5.82 Å². The molecule has 0 aromatic heterocycles. The number of nitrogens with one attached hydrogen (secondary N) is 1. The van der Waals surface area contributed by atoms with Gasteiger partial charge in [-0.2, -0.15) is 0 Å². The Morgan fingerprint density at radius 3 is 2.78 bits per heavy atom. The van der Waals surface area contributed by atoms with Gasteiger partial charge in [0.1, 0.15) is 5.82 Å². The van der Waals surface area contributed by atoms with Crippen molar-refractivity contribution in [3.8, 4) is 0 Å². The van der Waals surface area contributed by atoms with Gasteiger partial charge in [-0.25, -0.2) is 17.5 Å². The van der Waals surface area contributed by atoms with Crippen LogP contribution >= 0.6 is 15.9 Å². The Bertz CT molecular complexity index is 547. The number of hydrogen-bond acceptors (Lipinski definition) is 4. The van der Waals surface area contributed by atoms with Crippen molar-refractivity contribution in [1.29, 1.82) is 0 Å². The summed E-state index contributed by atoms with van der Waals surface area (Å²) in [5, 5.41) is 0. The molecule has 0 unspecified atom stereocenters. The van der Waals surface area contributed by atoms with Gasteiger partial charge in [-0.3, -0.25) is 4.79 Å². The van der Waals surface area contributed by atoms with E-state index in [9.17, 15) is 17.6 Å². The zero-order valence-electron chi connectivity index (χ0n) is 9.44. The molecular weight excluding hydrogens is 329 g/mol. The normalized spacial score (nSPS) is 11.3. The third-order valence-corrected chi connectivity index (χ3v) is 3.72. The molecule has 5 nitrogen and oxygen atoms in total. The molecule has 100 valence electrons. The van der Waals surface area contributed by atoms with Crippen molar-refractivity contribution in [2.75, 3.05) is 12.9 Å². The Labute approximate surface area is 113 Å². The van der Waals surface area contributed by atoms with E-state index in [0.29, 0.717) is 4.47 Å². The molecule has 0 aliphatic carbocycles. The number of sulfonamides is 1. The van der Waals surface area contributed by atoms with Crippen molar-refractivity contribution in [2.45, 2.75) is 6.54 Å². The molecule has 1 aromatic carbocycles. The van der Waals surface area contributed by atoms with Gasteiger partial charge in [-0.1, -0.05) is 15.9 Å². The average Bonchev–Trinajstić information content (AvgIpc) is 2.30. The summed E-state index contributed by atoms with van der Waals surface area (Å²) in [5.41, 5.74) is 0.179. The van der Waals surface area contributed by atoms with Crippen LogP contribution < -0.4 is 4.72 Å². The standard InChI is InChI=1S/C10H11BrFNO4S/c1-17-10(14)6-18(15,16)13-5-7-4-8(11)2-3-9(7)12/h2-4,13H,5-6H2,1H3. The highest BCUT2D eigenvalue weighted by molar-refractivity contribution is 9.10. The third-order valence-electron chi connectivity index (χ3n) is 2.03. The highest BCUT2D eigenvalue weighted by atomic mass is 79.9. The number of rotatable bonds is 5. The molecule has 0 radical (unpaired) electrons. The van der Waals surface area contributed by atoms with E-state index in [-0.39, 0.29) is 12.1 Å². The minimum Gasteiger partial charge on any atom is -0.468 e. The highest BCUT2D eigenvalue weighted by Crippen LogP contribution is 2.15. The van der Waals surface area contributed by atoms with Gasteiger partial charge >= 0.3 is 5.97 Å². The predicted molar refractivity (Wildman–Crippen MR) is 66.7 cm³/mol. The number of hydrogen-bond donors (Lipinski definition) is 1. The summed E-state index contributed by atoms with van der Waals surface area (Å²) in [5.74, 6) is -2.20. The van der Waals surface area contributed by atoms with Gasteiger partial charge in [0.2, 0.25) is 10.0 Å². The summed E-state index contributed by atoms with van der Waals surface area (Å²) in [4.78, 5) is 10.8. The quantitative estimate of drug-likeness (QED) is 0.817. The van der Waals surface area contributed by atoms with E-state index in [1.165, 1.54) is 18.2 Å². The summed E-state index contributed by atoms with van der Waals surface area (Å²) in [7, 11) is -2.74. The SMILES string of the molecule is COC(=O)CS(=O)(=O)NCc1cc(Br)ccc1F. The van der Waals surface area contributed by atoms with Gasteiger partial charge in [0.05, 0.1) is 7.11 Å². The summed E-state index contributed by atoms with van der Waals surface area (Å²) in [6.45, 7) is -0.232. The lowest BCUT2D eigenvalue weighted by Gasteiger charge is -2.07. The van der Waals surface area contributed by atoms with Crippen LogP contribution in [0.3, 0.4) is 0 Å². The lowest BCUT2D eigenvalue weighted by Crippen LogP contribution is -2.30. The van der Waals surface area contributed by atoms with Crippen LogP contribution in [0.25, 0.3) is 0 Å². The van der Waals surface area contributed by atoms with E-state index in [1.807, 2.05) is 0 Å². The fraction of sp³-hybridized carbons (Fsp3) is 0.300. The average molecular weight is 340 g/mol. The molecule has 1 rings (SSSR count). The van der Waals surface area contributed by atoms with Gasteiger partial charge < -0.3 is 4.74 Å². The van der Waals surface area contributed by atoms with Crippen LogP contribution in [0.5, 0.6) is 0 Å². The first kappa shape index (κ1) is 15.1. The van der Waals surface area contributed by atoms with E-state index in [1.54, 1.807) is 0 Å². The summed E-state index contributed by atoms with van der Waals surface area (Å²) >= 11 is 3.15. The number of halogens is 2. The Kier molecular flexibility index (Phi) is 5.24. The number of esters is 1. The first-order chi connectivity index (χ1) is 8.34. The Hall–Kier alpha value is -0.990. The highest BCUT2D eigenvalue weighted by Gasteiger charge is 2.17. The topological polar surface area (TPSA) is 72.5 Å². The first-order valence-corrected chi connectivity index (χ1v) is 7.26. The molecule has 0 aliphatic rings. The molecule has 18 heavy (non-hydrogen) atoms. The molecule has 0 spiro atoms. The van der Waals surface area contributed by atoms with E-state index in [0.717, 1.165) is 7.11 Å². The van der Waals surface area contributed by atoms with Gasteiger partial charge in [0, 0.05) is 16.6 Å². The smallest absolute Gasteiger partial charge is 0.322 e. The predicted octanol–water partition coefficient (Wildman–Crippen LogP) is 1.18. The maximum atomic E-state index is 13.3. The number of benzene rings is 1. The summed E-state index contributed by atoms with van der Waals surface area (Å²) in [6.07, 6.45) is 0. The zero-order chi connectivity index (χ0) is 13.8. The molecule has 0 saturated heterocycles. The van der Waals surface area contributed by atoms with Crippen molar-refractivity contribution >= 4 is 31.9 Å². The molecule has 1 aromatic rings. The fourth-order valence-electron chi connectivity index (χ4n) is 1.13. The van der Waals surface area contributed by atoms with Crippen LogP contribution in [0.15, 0.2) is 22.7 Å². The van der Waals surface area contributed by atoms with Gasteiger partial charge in [0.25, 0.3) is 0 Å². The number of carbonyl (C=O) groups is 1. The Balaban J connectivity index is 2.70. The van der Waals surface area contributed by atoms with Gasteiger partial charge in [-0.15, -0.1) is 0 Å². The van der Waals surface area contributed by atoms with E-state index < -0.39 is 27.6 Å². The third kappa shape index (κ3) is 4.71. The van der Waals surface area contributed by atoms with Gasteiger partial charge in [0.15, 0.2) is 5.75 Å². The lowest BCUT2D eigenvalue weighted by atomic mass is 10.2. The maximum absolute atomic E-state index is 13.3. The minimum absolute atomic E-state index is 0.179. The van der Waals surface area contributed by atoms with E-state index >= 15 is 0 Å². The van der Waals surface area contributed by atoms with E-state index in [4.69, 9.17) is 0 Å². The summed E-state index contributed by atoms with van der Waals surface area (Å²) < 4.78 is 43.2. The second-order valence-corrected chi connectivity index (χ2v) is 6.11. The van der Waals surface area contributed by atoms with Crippen LogP contribution in [0.4, 0.5) is 4.39 Å². The summed E-state index contributed by atoms with van der Waals surface area (Å²) in [6, 6.07) is 4.17. The van der Waals surface area contributed by atoms with E-state index in [2.05, 4.69) is 25.4 Å². The molecular formula is C10H11BrFNO4S. The van der Waals surface area contributed by atoms with Gasteiger partial charge in [-0.05, 0) is 18.2 Å². The van der Waals surface area contributed by atoms with Crippen LogP contribution in [-0.2, 0) is 26.1 Å². The number of ether oxygens (including phenoxy) is 1. The molecule has 1 N–H and O–H groups in total. The van der Waals surface area contributed by atoms with Crippen molar-refractivity contribution in [3.63, 3.8) is 0 Å². The monoisotopic (exact) mass is 339 g/mol. The Morgan fingerprint density at radius 2 is 2.17 bits per heavy atom. The minimum atomic E-state index is -3.83. The molecule has 0 bridgehead atoms. The molecule has 0 heterocycles. The van der Waals surface area contributed by atoms with Crippen molar-refractivity contribution in [3.05, 3.63) is 34.1 Å². The second-order valence-electron chi connectivity index (χ2n) is 3.39. The number of carbonyl (C=O) groups excluding carboxylic acids is 1. The van der Waals surface area contributed by atoms with Crippen molar-refractivity contribution in [1.82, 2.24) is 4.72 Å². The molecule has 8 heteroatoms. The first-order valence-electron chi connectivity index (χ1n) is 4.82. The number of methoxy groups -OCH3 is 1. The Morgan fingerprint density at radius 1 is 1.50 bits per heavy atom. The molecule has 0 amide bonds. The molecule has 0 atom stereocenters.